The molecule has 0 fully saturated rings. The molecule has 0 aliphatic heterocycles. The highest BCUT2D eigenvalue weighted by Gasteiger charge is 2.45. The first-order chi connectivity index (χ1) is 29.7. The van der Waals surface area contributed by atoms with Crippen LogP contribution in [0.15, 0.2) is 212 Å². The van der Waals surface area contributed by atoms with Crippen LogP contribution in [0.1, 0.15) is 22.3 Å². The molecule has 60 heavy (non-hydrogen) atoms. The molecule has 0 saturated heterocycles. The number of benzene rings is 9. The molecule has 0 radical (unpaired) electrons. The first-order valence-corrected chi connectivity index (χ1v) is 21.2. The van der Waals surface area contributed by atoms with Gasteiger partial charge in [-0.1, -0.05) is 182 Å². The fourth-order valence-electron chi connectivity index (χ4n) is 9.39. The number of nitrogens with zero attached hydrogens (tertiary/aromatic N) is 3. The molecule has 0 atom stereocenters. The number of hydrogen-bond donors (Lipinski definition) is 0. The van der Waals surface area contributed by atoms with Gasteiger partial charge in [0.2, 0.25) is 0 Å². The van der Waals surface area contributed by atoms with E-state index < -0.39 is 5.41 Å². The van der Waals surface area contributed by atoms with Gasteiger partial charge in [0.15, 0.2) is 17.5 Å². The Labute approximate surface area is 352 Å². The number of hydrogen-bond acceptors (Lipinski definition) is 4. The van der Waals surface area contributed by atoms with Crippen LogP contribution in [0.2, 0.25) is 0 Å². The topological polar surface area (TPSA) is 38.7 Å². The maximum Gasteiger partial charge on any atom is 0.164 e. The average molecular weight is 782 g/mol. The van der Waals surface area contributed by atoms with E-state index in [1.807, 2.05) is 41.7 Å². The van der Waals surface area contributed by atoms with Crippen molar-refractivity contribution in [3.8, 4) is 56.4 Å². The van der Waals surface area contributed by atoms with E-state index in [0.717, 1.165) is 27.6 Å². The lowest BCUT2D eigenvalue weighted by Crippen LogP contribution is -2.28. The zero-order valence-corrected chi connectivity index (χ0v) is 33.3. The van der Waals surface area contributed by atoms with Crippen LogP contribution < -0.4 is 0 Å². The van der Waals surface area contributed by atoms with E-state index >= 15 is 0 Å². The molecule has 0 bridgehead atoms. The van der Waals surface area contributed by atoms with Crippen LogP contribution >= 0.6 is 11.3 Å². The predicted molar refractivity (Wildman–Crippen MR) is 249 cm³/mol. The van der Waals surface area contributed by atoms with Gasteiger partial charge in [-0.15, -0.1) is 11.3 Å². The van der Waals surface area contributed by atoms with Gasteiger partial charge >= 0.3 is 0 Å². The van der Waals surface area contributed by atoms with Crippen molar-refractivity contribution in [1.29, 1.82) is 0 Å². The Morgan fingerprint density at radius 2 is 0.817 bits per heavy atom. The number of rotatable bonds is 6. The SMILES string of the molecule is c1ccc(-c2nc(-c3ccc(-c4ccc5sc6ccc(C7(c8ccccc8)c8ccccc8-c8ccccc87)cc6c5c4)cc3)nc(-c3ccc4ccccc4c3)n2)cc1. The third kappa shape index (κ3) is 5.46. The Morgan fingerprint density at radius 3 is 1.52 bits per heavy atom. The van der Waals surface area contributed by atoms with Crippen LogP contribution in [-0.2, 0) is 5.41 Å². The molecule has 0 unspecified atom stereocenters. The molecule has 280 valence electrons. The summed E-state index contributed by atoms with van der Waals surface area (Å²) in [5.74, 6) is 1.95. The minimum atomic E-state index is -0.437. The Balaban J connectivity index is 0.959. The number of aromatic nitrogens is 3. The number of thiophene rings is 1. The Bertz CT molecular complexity index is 3380. The molecule has 0 saturated carbocycles. The standard InChI is InChI=1S/C56H35N3S/c1-3-14-38(15-4-1)53-57-54(59-55(58-53)42-28-25-36-13-7-8-16-40(36)33-42)39-26-23-37(24-27-39)41-29-31-51-47(34-41)48-35-44(30-32-52(48)60-51)56(43-17-5-2-6-18-43)49-21-11-9-19-45(49)46-20-10-12-22-50(46)56/h1-35H. The van der Waals surface area contributed by atoms with E-state index in [9.17, 15) is 0 Å². The van der Waals surface area contributed by atoms with Gasteiger partial charge in [0, 0.05) is 36.9 Å². The fraction of sp³-hybridized carbons (Fsp3) is 0.0179. The second kappa shape index (κ2) is 13.8. The molecule has 1 aliphatic carbocycles. The second-order valence-electron chi connectivity index (χ2n) is 15.5. The summed E-state index contributed by atoms with van der Waals surface area (Å²) >= 11 is 1.86. The van der Waals surface area contributed by atoms with E-state index in [4.69, 9.17) is 15.0 Å². The van der Waals surface area contributed by atoms with Gasteiger partial charge in [-0.05, 0) is 85.6 Å². The van der Waals surface area contributed by atoms with Crippen LogP contribution in [0, 0.1) is 0 Å². The van der Waals surface area contributed by atoms with E-state index in [2.05, 4.69) is 182 Å². The van der Waals surface area contributed by atoms with E-state index in [-0.39, 0.29) is 0 Å². The van der Waals surface area contributed by atoms with Crippen LogP contribution in [0.5, 0.6) is 0 Å². The molecular formula is C56H35N3S. The summed E-state index contributed by atoms with van der Waals surface area (Å²) in [6, 6.07) is 76.6. The molecular weight excluding hydrogens is 747 g/mol. The van der Waals surface area contributed by atoms with E-state index in [1.54, 1.807) is 0 Å². The minimum absolute atomic E-state index is 0.437. The van der Waals surface area contributed by atoms with Gasteiger partial charge < -0.3 is 0 Å². The van der Waals surface area contributed by atoms with Gasteiger partial charge in [-0.25, -0.2) is 15.0 Å². The zero-order chi connectivity index (χ0) is 39.6. The minimum Gasteiger partial charge on any atom is -0.208 e. The Morgan fingerprint density at radius 1 is 0.317 bits per heavy atom. The van der Waals surface area contributed by atoms with Gasteiger partial charge in [-0.2, -0.15) is 0 Å². The molecule has 0 N–H and O–H groups in total. The summed E-state index contributed by atoms with van der Waals surface area (Å²) in [6.07, 6.45) is 0. The van der Waals surface area contributed by atoms with E-state index in [1.165, 1.54) is 64.5 Å². The van der Waals surface area contributed by atoms with E-state index in [0.29, 0.717) is 17.5 Å². The predicted octanol–water partition coefficient (Wildman–Crippen LogP) is 14.4. The van der Waals surface area contributed by atoms with Crippen molar-refractivity contribution in [2.45, 2.75) is 5.41 Å². The van der Waals surface area contributed by atoms with Crippen LogP contribution in [0.25, 0.3) is 87.4 Å². The molecule has 0 amide bonds. The first-order valence-electron chi connectivity index (χ1n) is 20.3. The van der Waals surface area contributed by atoms with Crippen LogP contribution in [-0.4, -0.2) is 15.0 Å². The first kappa shape index (κ1) is 34.5. The third-order valence-corrected chi connectivity index (χ3v) is 13.4. The highest BCUT2D eigenvalue weighted by atomic mass is 32.1. The fourth-order valence-corrected chi connectivity index (χ4v) is 10.5. The number of fused-ring (bicyclic) bond motifs is 7. The monoisotopic (exact) mass is 781 g/mol. The van der Waals surface area contributed by atoms with Crippen molar-refractivity contribution in [2.75, 3.05) is 0 Å². The molecule has 1 aliphatic rings. The molecule has 12 rings (SSSR count). The molecule has 4 heteroatoms. The molecule has 2 aromatic heterocycles. The zero-order valence-electron chi connectivity index (χ0n) is 32.5. The summed E-state index contributed by atoms with van der Waals surface area (Å²) in [4.78, 5) is 15.0. The molecule has 3 nitrogen and oxygen atoms in total. The lowest BCUT2D eigenvalue weighted by Gasteiger charge is -2.34. The Hall–Kier alpha value is -7.53. The van der Waals surface area contributed by atoms with Crippen LogP contribution in [0.4, 0.5) is 0 Å². The van der Waals surface area contributed by atoms with Crippen molar-refractivity contribution < 1.29 is 0 Å². The summed E-state index contributed by atoms with van der Waals surface area (Å²) in [6.45, 7) is 0. The molecule has 11 aromatic rings. The van der Waals surface area contributed by atoms with Gasteiger partial charge in [0.25, 0.3) is 0 Å². The summed E-state index contributed by atoms with van der Waals surface area (Å²) in [5.41, 5.74) is 12.6. The second-order valence-corrected chi connectivity index (χ2v) is 16.6. The van der Waals surface area contributed by atoms with Crippen molar-refractivity contribution in [3.63, 3.8) is 0 Å². The third-order valence-electron chi connectivity index (χ3n) is 12.2. The van der Waals surface area contributed by atoms with Gasteiger partial charge in [0.1, 0.15) is 0 Å². The molecule has 2 heterocycles. The molecule has 9 aromatic carbocycles. The quantitative estimate of drug-likeness (QED) is 0.169. The highest BCUT2D eigenvalue weighted by Crippen LogP contribution is 2.56. The van der Waals surface area contributed by atoms with Gasteiger partial charge in [-0.3, -0.25) is 0 Å². The summed E-state index contributed by atoms with van der Waals surface area (Å²) in [7, 11) is 0. The summed E-state index contributed by atoms with van der Waals surface area (Å²) in [5, 5.41) is 4.89. The summed E-state index contributed by atoms with van der Waals surface area (Å²) < 4.78 is 2.57. The van der Waals surface area contributed by atoms with Crippen molar-refractivity contribution in [1.82, 2.24) is 15.0 Å². The molecule has 0 spiro atoms. The smallest absolute Gasteiger partial charge is 0.164 e. The normalized spacial score (nSPS) is 12.8. The van der Waals surface area contributed by atoms with Gasteiger partial charge in [0.05, 0.1) is 5.41 Å². The van der Waals surface area contributed by atoms with Crippen LogP contribution in [0.3, 0.4) is 0 Å². The largest absolute Gasteiger partial charge is 0.208 e. The lowest BCUT2D eigenvalue weighted by atomic mass is 9.67. The highest BCUT2D eigenvalue weighted by molar-refractivity contribution is 7.25. The Kier molecular flexibility index (Phi) is 7.94. The van der Waals surface area contributed by atoms with Crippen molar-refractivity contribution >= 4 is 42.3 Å². The maximum absolute atomic E-state index is 5.05. The average Bonchev–Trinajstić information content (AvgIpc) is 3.85. The lowest BCUT2D eigenvalue weighted by molar-refractivity contribution is 0.770. The van der Waals surface area contributed by atoms with Crippen molar-refractivity contribution in [3.05, 3.63) is 235 Å². The maximum atomic E-state index is 5.05. The van der Waals surface area contributed by atoms with Crippen molar-refractivity contribution in [2.24, 2.45) is 0 Å².